The fraction of sp³-hybridized carbons (Fsp3) is 0.500. The number of hydrogen-bond donors (Lipinski definition) is 2. The summed E-state index contributed by atoms with van der Waals surface area (Å²) in [7, 11) is 0. The van der Waals surface area contributed by atoms with Crippen LogP contribution >= 0.6 is 0 Å². The van der Waals surface area contributed by atoms with Crippen molar-refractivity contribution < 1.29 is 13.9 Å². The minimum Gasteiger partial charge on any atom is -0.465 e. The van der Waals surface area contributed by atoms with Gasteiger partial charge in [0.25, 0.3) is 0 Å². The first kappa shape index (κ1) is 18.2. The van der Waals surface area contributed by atoms with Crippen LogP contribution in [0.3, 0.4) is 0 Å². The quantitative estimate of drug-likeness (QED) is 0.811. The Morgan fingerprint density at radius 3 is 2.93 bits per heavy atom. The molecular formula is C20H26N4O3. The molecule has 0 bridgehead atoms. The molecule has 4 rings (SSSR count). The van der Waals surface area contributed by atoms with Crippen molar-refractivity contribution in [3.05, 3.63) is 53.7 Å². The molecule has 2 aromatic heterocycles. The summed E-state index contributed by atoms with van der Waals surface area (Å²) in [5.41, 5.74) is 7.22. The minimum atomic E-state index is -0.300. The summed E-state index contributed by atoms with van der Waals surface area (Å²) in [4.78, 5) is 19.5. The molecule has 1 amide bonds. The highest BCUT2D eigenvalue weighted by Crippen LogP contribution is 2.25. The molecule has 0 radical (unpaired) electrons. The van der Waals surface area contributed by atoms with Gasteiger partial charge in [0, 0.05) is 19.3 Å². The zero-order chi connectivity index (χ0) is 18.6. The van der Waals surface area contributed by atoms with Crippen molar-refractivity contribution in [3.63, 3.8) is 0 Å². The number of nitrogens with one attached hydrogen (secondary N) is 2. The number of hydrogen-bond acceptors (Lipinski definition) is 6. The highest BCUT2D eigenvalue weighted by Gasteiger charge is 2.35. The highest BCUT2D eigenvalue weighted by atomic mass is 16.5. The van der Waals surface area contributed by atoms with Gasteiger partial charge < -0.3 is 14.1 Å². The second-order valence-electron chi connectivity index (χ2n) is 7.25. The van der Waals surface area contributed by atoms with Gasteiger partial charge in [-0.15, -0.1) is 0 Å². The maximum Gasteiger partial charge on any atom is 0.241 e. The summed E-state index contributed by atoms with van der Waals surface area (Å²) < 4.78 is 11.5. The fourth-order valence-electron chi connectivity index (χ4n) is 3.72. The van der Waals surface area contributed by atoms with E-state index in [1.807, 2.05) is 42.2 Å². The van der Waals surface area contributed by atoms with Crippen molar-refractivity contribution in [3.8, 4) is 0 Å². The number of amides is 1. The summed E-state index contributed by atoms with van der Waals surface area (Å²) in [6.45, 7) is 3.78. The third kappa shape index (κ3) is 4.37. The van der Waals surface area contributed by atoms with Crippen molar-refractivity contribution in [2.45, 2.75) is 50.9 Å². The molecule has 0 aromatic carbocycles. The van der Waals surface area contributed by atoms with Crippen LogP contribution in [0.15, 0.2) is 40.9 Å². The largest absolute Gasteiger partial charge is 0.465 e. The second kappa shape index (κ2) is 8.21. The Morgan fingerprint density at radius 1 is 1.30 bits per heavy atom. The number of aromatic nitrogens is 1. The molecule has 7 nitrogen and oxygen atoms in total. The molecule has 3 atom stereocenters. The smallest absolute Gasteiger partial charge is 0.241 e. The average molecular weight is 370 g/mol. The fourth-order valence-corrected chi connectivity index (χ4v) is 3.72. The number of pyridine rings is 1. The first-order chi connectivity index (χ1) is 13.2. The number of carbonyl (C=O) groups is 1. The van der Waals surface area contributed by atoms with E-state index in [0.29, 0.717) is 19.5 Å². The normalized spacial score (nSPS) is 25.0. The van der Waals surface area contributed by atoms with Crippen LogP contribution in [-0.2, 0) is 16.1 Å². The van der Waals surface area contributed by atoms with Crippen LogP contribution < -0.4 is 10.9 Å². The average Bonchev–Trinajstić information content (AvgIpc) is 3.43. The van der Waals surface area contributed by atoms with Crippen molar-refractivity contribution in [1.29, 1.82) is 0 Å². The highest BCUT2D eigenvalue weighted by molar-refractivity contribution is 5.82. The summed E-state index contributed by atoms with van der Waals surface area (Å²) in [5.74, 6) is 1.79. The Balaban J connectivity index is 1.44. The molecule has 2 N–H and O–H groups in total. The van der Waals surface area contributed by atoms with Crippen LogP contribution in [0, 0.1) is 6.92 Å². The van der Waals surface area contributed by atoms with E-state index < -0.39 is 0 Å². The molecule has 2 aliphatic heterocycles. The Bertz CT molecular complexity index is 758. The molecular weight excluding hydrogens is 344 g/mol. The molecule has 7 heteroatoms. The van der Waals surface area contributed by atoms with E-state index >= 15 is 0 Å². The monoisotopic (exact) mass is 370 g/mol. The summed E-state index contributed by atoms with van der Waals surface area (Å²) in [5, 5.41) is 0. The summed E-state index contributed by atoms with van der Waals surface area (Å²) in [6.07, 6.45) is 4.57. The first-order valence-electron chi connectivity index (χ1n) is 9.57. The van der Waals surface area contributed by atoms with E-state index in [1.165, 1.54) is 0 Å². The zero-order valence-electron chi connectivity index (χ0n) is 15.6. The third-order valence-corrected chi connectivity index (χ3v) is 5.14. The third-order valence-electron chi connectivity index (χ3n) is 5.14. The van der Waals surface area contributed by atoms with Gasteiger partial charge in [-0.05, 0) is 50.5 Å². The van der Waals surface area contributed by atoms with Gasteiger partial charge in [-0.25, -0.2) is 10.9 Å². The number of nitrogens with zero attached hydrogens (tertiary/aromatic N) is 2. The summed E-state index contributed by atoms with van der Waals surface area (Å²) >= 11 is 0. The van der Waals surface area contributed by atoms with Crippen molar-refractivity contribution in [1.82, 2.24) is 20.7 Å². The standard InChI is InChI=1S/C20H26N4O3/c1-14-7-8-19(27-14)17-11-18(23-22-17)20(25)24(13-16-6-4-10-26-16)12-15-5-2-3-9-21-15/h2-3,5,7-9,16-18,22-23H,4,6,10-13H2,1H3. The molecule has 2 fully saturated rings. The number of ether oxygens (including phenoxy) is 1. The first-order valence-corrected chi connectivity index (χ1v) is 9.57. The maximum absolute atomic E-state index is 13.2. The molecule has 0 spiro atoms. The Kier molecular flexibility index (Phi) is 5.52. The van der Waals surface area contributed by atoms with Gasteiger partial charge in [-0.3, -0.25) is 9.78 Å². The van der Waals surface area contributed by atoms with Gasteiger partial charge in [-0.1, -0.05) is 6.07 Å². The van der Waals surface area contributed by atoms with Crippen LogP contribution in [0.25, 0.3) is 0 Å². The van der Waals surface area contributed by atoms with Gasteiger partial charge in [-0.2, -0.15) is 0 Å². The van der Waals surface area contributed by atoms with E-state index in [1.54, 1.807) is 6.20 Å². The van der Waals surface area contributed by atoms with Crippen LogP contribution in [0.1, 0.15) is 42.5 Å². The van der Waals surface area contributed by atoms with Gasteiger partial charge in [0.2, 0.25) is 5.91 Å². The number of rotatable bonds is 6. The molecule has 2 aromatic rings. The molecule has 2 saturated heterocycles. The lowest BCUT2D eigenvalue weighted by molar-refractivity contribution is -0.135. The molecule has 3 unspecified atom stereocenters. The Hall–Kier alpha value is -2.22. The molecule has 0 aliphatic carbocycles. The summed E-state index contributed by atoms with van der Waals surface area (Å²) in [6, 6.07) is 9.37. The molecule has 0 saturated carbocycles. The molecule has 144 valence electrons. The lowest BCUT2D eigenvalue weighted by atomic mass is 10.1. The van der Waals surface area contributed by atoms with Crippen LogP contribution in [-0.4, -0.2) is 41.1 Å². The van der Waals surface area contributed by atoms with E-state index in [-0.39, 0.29) is 24.1 Å². The SMILES string of the molecule is Cc1ccc(C2CC(C(=O)N(Cc3ccccn3)CC3CCCO3)NN2)o1. The van der Waals surface area contributed by atoms with Gasteiger partial charge in [0.05, 0.1) is 24.4 Å². The number of hydrazine groups is 1. The lowest BCUT2D eigenvalue weighted by Crippen LogP contribution is -2.47. The van der Waals surface area contributed by atoms with Gasteiger partial charge >= 0.3 is 0 Å². The number of furan rings is 1. The van der Waals surface area contributed by atoms with E-state index in [4.69, 9.17) is 9.15 Å². The predicted molar refractivity (Wildman–Crippen MR) is 99.5 cm³/mol. The molecule has 27 heavy (non-hydrogen) atoms. The second-order valence-corrected chi connectivity index (χ2v) is 7.25. The van der Waals surface area contributed by atoms with Crippen molar-refractivity contribution >= 4 is 5.91 Å². The van der Waals surface area contributed by atoms with Gasteiger partial charge in [0.15, 0.2) is 0 Å². The van der Waals surface area contributed by atoms with E-state index in [0.717, 1.165) is 36.7 Å². The van der Waals surface area contributed by atoms with Gasteiger partial charge in [0.1, 0.15) is 17.6 Å². The minimum absolute atomic E-state index is 0.00733. The Labute approximate surface area is 159 Å². The molecule has 4 heterocycles. The van der Waals surface area contributed by atoms with Crippen molar-refractivity contribution in [2.24, 2.45) is 0 Å². The van der Waals surface area contributed by atoms with E-state index in [2.05, 4.69) is 15.8 Å². The van der Waals surface area contributed by atoms with Crippen LogP contribution in [0.5, 0.6) is 0 Å². The topological polar surface area (TPSA) is 79.6 Å². The van der Waals surface area contributed by atoms with Crippen molar-refractivity contribution in [2.75, 3.05) is 13.2 Å². The number of carbonyl (C=O) groups excluding carboxylic acids is 1. The number of aryl methyl sites for hydroxylation is 1. The Morgan fingerprint density at radius 2 is 2.22 bits per heavy atom. The zero-order valence-corrected chi connectivity index (χ0v) is 15.6. The van der Waals surface area contributed by atoms with E-state index in [9.17, 15) is 4.79 Å². The predicted octanol–water partition coefficient (Wildman–Crippen LogP) is 2.10. The molecule has 2 aliphatic rings. The lowest BCUT2D eigenvalue weighted by Gasteiger charge is -2.27. The van der Waals surface area contributed by atoms with Crippen LogP contribution in [0.4, 0.5) is 0 Å². The van der Waals surface area contributed by atoms with Crippen LogP contribution in [0.2, 0.25) is 0 Å². The maximum atomic E-state index is 13.2.